The summed E-state index contributed by atoms with van der Waals surface area (Å²) in [7, 11) is 0. The van der Waals surface area contributed by atoms with Crippen molar-refractivity contribution in [1.82, 2.24) is 4.90 Å². The van der Waals surface area contributed by atoms with E-state index in [-0.39, 0.29) is 5.91 Å². The van der Waals surface area contributed by atoms with Crippen molar-refractivity contribution in [2.24, 2.45) is 17.4 Å². The largest absolute Gasteiger partial charge is 0.366 e. The first-order valence-corrected chi connectivity index (χ1v) is 8.03. The van der Waals surface area contributed by atoms with Crippen LogP contribution in [-0.4, -0.2) is 30.4 Å². The van der Waals surface area contributed by atoms with Crippen LogP contribution >= 0.6 is 0 Å². The highest BCUT2D eigenvalue weighted by molar-refractivity contribution is 5.92. The quantitative estimate of drug-likeness (QED) is 0.887. The molecule has 0 bridgehead atoms. The number of hydrogen-bond donors (Lipinski definition) is 2. The van der Waals surface area contributed by atoms with E-state index in [1.54, 1.807) is 6.07 Å². The van der Waals surface area contributed by atoms with Gasteiger partial charge in [-0.05, 0) is 35.7 Å². The minimum atomic E-state index is -0.379. The lowest BCUT2D eigenvalue weighted by atomic mass is 9.89. The Morgan fingerprint density at radius 1 is 1.09 bits per heavy atom. The van der Waals surface area contributed by atoms with Gasteiger partial charge in [0.25, 0.3) is 0 Å². The number of carbonyl (C=O) groups excluding carboxylic acids is 1. The Hall–Kier alpha value is -2.17. The number of nitrogens with two attached hydrogens (primary N) is 2. The van der Waals surface area contributed by atoms with Gasteiger partial charge in [0.15, 0.2) is 0 Å². The molecule has 0 aliphatic carbocycles. The monoisotopic (exact) mass is 309 g/mol. The zero-order valence-electron chi connectivity index (χ0n) is 13.2. The molecule has 2 atom stereocenters. The van der Waals surface area contributed by atoms with Gasteiger partial charge in [-0.2, -0.15) is 0 Å². The van der Waals surface area contributed by atoms with Crippen molar-refractivity contribution >= 4 is 5.91 Å². The Labute approximate surface area is 137 Å². The summed E-state index contributed by atoms with van der Waals surface area (Å²) in [6.07, 6.45) is 0. The molecule has 2 aromatic carbocycles. The molecular weight excluding hydrogens is 286 g/mol. The number of rotatable bonds is 5. The van der Waals surface area contributed by atoms with Crippen LogP contribution < -0.4 is 11.5 Å². The van der Waals surface area contributed by atoms with Gasteiger partial charge in [0.2, 0.25) is 5.91 Å². The fourth-order valence-electron chi connectivity index (χ4n) is 3.49. The predicted octanol–water partition coefficient (Wildman–Crippen LogP) is 1.96. The lowest BCUT2D eigenvalue weighted by Crippen LogP contribution is -2.23. The fraction of sp³-hybridized carbons (Fsp3) is 0.316. The summed E-state index contributed by atoms with van der Waals surface area (Å²) in [4.78, 5) is 13.7. The highest BCUT2D eigenvalue weighted by Gasteiger charge is 2.32. The van der Waals surface area contributed by atoms with Gasteiger partial charge in [-0.1, -0.05) is 42.5 Å². The molecule has 1 fully saturated rings. The summed E-state index contributed by atoms with van der Waals surface area (Å²) in [5, 5.41) is 0. The summed E-state index contributed by atoms with van der Waals surface area (Å²) in [5.41, 5.74) is 14.4. The molecule has 0 radical (unpaired) electrons. The first-order valence-electron chi connectivity index (χ1n) is 8.03. The van der Waals surface area contributed by atoms with Crippen molar-refractivity contribution in [2.45, 2.75) is 12.5 Å². The maximum absolute atomic E-state index is 11.3. The minimum absolute atomic E-state index is 0.379. The molecule has 2 aromatic rings. The standard InChI is InChI=1S/C19H23N3O/c20-10-17-12-22(13-18(17)15-6-2-1-3-7-15)11-14-5-4-8-16(9-14)19(21)23/h1-9,17-18H,10-13,20H2,(H2,21,23)/t17-,18+/m1/s1. The average Bonchev–Trinajstić information content (AvgIpc) is 2.99. The van der Waals surface area contributed by atoms with Gasteiger partial charge in [-0.25, -0.2) is 0 Å². The molecular formula is C19H23N3O. The number of nitrogens with zero attached hydrogens (tertiary/aromatic N) is 1. The molecule has 1 aliphatic rings. The van der Waals surface area contributed by atoms with Crippen molar-refractivity contribution in [3.8, 4) is 0 Å². The van der Waals surface area contributed by atoms with Gasteiger partial charge in [-0.15, -0.1) is 0 Å². The predicted molar refractivity (Wildman–Crippen MR) is 92.0 cm³/mol. The van der Waals surface area contributed by atoms with E-state index in [9.17, 15) is 4.79 Å². The molecule has 120 valence electrons. The van der Waals surface area contributed by atoms with Crippen LogP contribution in [0.15, 0.2) is 54.6 Å². The first kappa shape index (κ1) is 15.7. The molecule has 4 nitrogen and oxygen atoms in total. The van der Waals surface area contributed by atoms with Crippen LogP contribution in [0.4, 0.5) is 0 Å². The van der Waals surface area contributed by atoms with Crippen LogP contribution in [0.2, 0.25) is 0 Å². The van der Waals surface area contributed by atoms with E-state index in [2.05, 4.69) is 29.2 Å². The highest BCUT2D eigenvalue weighted by atomic mass is 16.1. The van der Waals surface area contributed by atoms with Crippen molar-refractivity contribution < 1.29 is 4.79 Å². The smallest absolute Gasteiger partial charge is 0.248 e. The van der Waals surface area contributed by atoms with Crippen LogP contribution in [0.3, 0.4) is 0 Å². The Balaban J connectivity index is 1.73. The molecule has 1 amide bonds. The van der Waals surface area contributed by atoms with Gasteiger partial charge < -0.3 is 11.5 Å². The molecule has 0 saturated carbocycles. The normalized spacial score (nSPS) is 21.4. The van der Waals surface area contributed by atoms with Crippen LogP contribution in [0, 0.1) is 5.92 Å². The highest BCUT2D eigenvalue weighted by Crippen LogP contribution is 2.32. The Kier molecular flexibility index (Phi) is 4.74. The summed E-state index contributed by atoms with van der Waals surface area (Å²) in [6.45, 7) is 3.49. The minimum Gasteiger partial charge on any atom is -0.366 e. The number of likely N-dealkylation sites (tertiary alicyclic amines) is 1. The SMILES string of the molecule is NC[C@@H]1CN(Cc2cccc(C(N)=O)c2)C[C@H]1c1ccccc1. The van der Waals surface area contributed by atoms with E-state index in [1.807, 2.05) is 24.3 Å². The third-order valence-corrected chi connectivity index (χ3v) is 4.66. The Morgan fingerprint density at radius 2 is 1.87 bits per heavy atom. The van der Waals surface area contributed by atoms with Crippen LogP contribution in [0.5, 0.6) is 0 Å². The zero-order valence-corrected chi connectivity index (χ0v) is 13.2. The molecule has 1 saturated heterocycles. The summed E-state index contributed by atoms with van der Waals surface area (Å²) < 4.78 is 0. The fourth-order valence-corrected chi connectivity index (χ4v) is 3.49. The van der Waals surface area contributed by atoms with E-state index < -0.39 is 0 Å². The molecule has 3 rings (SSSR count). The Bertz CT molecular complexity index is 671. The van der Waals surface area contributed by atoms with E-state index in [4.69, 9.17) is 11.5 Å². The first-order chi connectivity index (χ1) is 11.2. The second kappa shape index (κ2) is 6.94. The van der Waals surface area contributed by atoms with E-state index in [1.165, 1.54) is 5.56 Å². The summed E-state index contributed by atoms with van der Waals surface area (Å²) in [5.74, 6) is 0.563. The summed E-state index contributed by atoms with van der Waals surface area (Å²) in [6, 6.07) is 18.2. The van der Waals surface area contributed by atoms with Crippen LogP contribution in [0.1, 0.15) is 27.4 Å². The average molecular weight is 309 g/mol. The van der Waals surface area contributed by atoms with Gasteiger partial charge in [0.05, 0.1) is 0 Å². The van der Waals surface area contributed by atoms with E-state index in [0.29, 0.717) is 23.9 Å². The molecule has 23 heavy (non-hydrogen) atoms. The molecule has 1 aliphatic heterocycles. The third kappa shape index (κ3) is 3.60. The van der Waals surface area contributed by atoms with Crippen LogP contribution in [0.25, 0.3) is 0 Å². The van der Waals surface area contributed by atoms with Crippen molar-refractivity contribution in [3.63, 3.8) is 0 Å². The van der Waals surface area contributed by atoms with Gasteiger partial charge in [-0.3, -0.25) is 9.69 Å². The lowest BCUT2D eigenvalue weighted by molar-refractivity contribution is 0.1000. The van der Waals surface area contributed by atoms with Crippen molar-refractivity contribution in [1.29, 1.82) is 0 Å². The van der Waals surface area contributed by atoms with Crippen molar-refractivity contribution in [2.75, 3.05) is 19.6 Å². The molecule has 4 N–H and O–H groups in total. The van der Waals surface area contributed by atoms with Gasteiger partial charge in [0.1, 0.15) is 0 Å². The number of hydrogen-bond acceptors (Lipinski definition) is 3. The topological polar surface area (TPSA) is 72.3 Å². The van der Waals surface area contributed by atoms with Crippen LogP contribution in [-0.2, 0) is 6.54 Å². The summed E-state index contributed by atoms with van der Waals surface area (Å²) >= 11 is 0. The number of amides is 1. The molecule has 0 aromatic heterocycles. The van der Waals surface area contributed by atoms with E-state index >= 15 is 0 Å². The lowest BCUT2D eigenvalue weighted by Gasteiger charge is -2.17. The maximum atomic E-state index is 11.3. The van der Waals surface area contributed by atoms with E-state index in [0.717, 1.165) is 25.2 Å². The zero-order chi connectivity index (χ0) is 16.2. The number of carbonyl (C=O) groups is 1. The van der Waals surface area contributed by atoms with Gasteiger partial charge in [0, 0.05) is 31.1 Å². The second-order valence-electron chi connectivity index (χ2n) is 6.27. The third-order valence-electron chi connectivity index (χ3n) is 4.66. The molecule has 0 spiro atoms. The molecule has 0 unspecified atom stereocenters. The number of benzene rings is 2. The Morgan fingerprint density at radius 3 is 2.57 bits per heavy atom. The number of primary amides is 1. The maximum Gasteiger partial charge on any atom is 0.248 e. The molecule has 1 heterocycles. The second-order valence-corrected chi connectivity index (χ2v) is 6.27. The van der Waals surface area contributed by atoms with Crippen molar-refractivity contribution in [3.05, 3.63) is 71.3 Å². The van der Waals surface area contributed by atoms with Gasteiger partial charge >= 0.3 is 0 Å². The molecule has 4 heteroatoms.